The first-order valence-corrected chi connectivity index (χ1v) is 11.6. The van der Waals surface area contributed by atoms with Crippen LogP contribution in [0.5, 0.6) is 0 Å². The molecule has 7 heteroatoms. The van der Waals surface area contributed by atoms with Gasteiger partial charge in [0.05, 0.1) is 27.4 Å². The maximum absolute atomic E-state index is 10.2. The first-order valence-electron chi connectivity index (χ1n) is 11.3. The molecular weight excluding hydrogens is 446 g/mol. The number of aromatic nitrogens is 4. The van der Waals surface area contributed by atoms with Crippen molar-refractivity contribution in [2.24, 2.45) is 5.73 Å². The molecule has 1 aliphatic rings. The van der Waals surface area contributed by atoms with Gasteiger partial charge in [0.2, 0.25) is 0 Å². The van der Waals surface area contributed by atoms with Gasteiger partial charge in [0.1, 0.15) is 0 Å². The third-order valence-electron chi connectivity index (χ3n) is 6.68. The summed E-state index contributed by atoms with van der Waals surface area (Å²) in [6.07, 6.45) is 2.84. The molecule has 1 saturated carbocycles. The van der Waals surface area contributed by atoms with Crippen molar-refractivity contribution in [2.75, 3.05) is 0 Å². The molecule has 0 radical (unpaired) electrons. The van der Waals surface area contributed by atoms with Crippen molar-refractivity contribution in [2.45, 2.75) is 37.8 Å². The van der Waals surface area contributed by atoms with E-state index in [4.69, 9.17) is 22.3 Å². The molecular formula is C27H24ClN5O. The summed E-state index contributed by atoms with van der Waals surface area (Å²) < 4.78 is 1.74. The van der Waals surface area contributed by atoms with E-state index in [2.05, 4.69) is 10.1 Å². The highest BCUT2D eigenvalue weighted by molar-refractivity contribution is 6.38. The van der Waals surface area contributed by atoms with E-state index in [-0.39, 0.29) is 0 Å². The average Bonchev–Trinajstić information content (AvgIpc) is 3.19. The van der Waals surface area contributed by atoms with E-state index in [1.807, 2.05) is 74.5 Å². The second-order valence-electron chi connectivity index (χ2n) is 9.65. The monoisotopic (exact) mass is 469 g/mol. The van der Waals surface area contributed by atoms with Gasteiger partial charge in [-0.3, -0.25) is 0 Å². The summed E-state index contributed by atoms with van der Waals surface area (Å²) in [4.78, 5) is 9.61. The maximum atomic E-state index is 10.2. The van der Waals surface area contributed by atoms with Crippen LogP contribution in [-0.2, 0) is 5.54 Å². The van der Waals surface area contributed by atoms with Crippen LogP contribution >= 0.6 is 11.6 Å². The van der Waals surface area contributed by atoms with Crippen LogP contribution in [-0.4, -0.2) is 30.3 Å². The zero-order valence-electron chi connectivity index (χ0n) is 19.0. The van der Waals surface area contributed by atoms with Crippen LogP contribution in [0.1, 0.15) is 31.0 Å². The summed E-state index contributed by atoms with van der Waals surface area (Å²) in [6.45, 7) is 3.76. The minimum Gasteiger partial charge on any atom is -0.390 e. The highest BCUT2D eigenvalue weighted by Gasteiger charge is 2.49. The van der Waals surface area contributed by atoms with E-state index in [1.54, 1.807) is 10.7 Å². The summed E-state index contributed by atoms with van der Waals surface area (Å²) in [7, 11) is 0. The molecule has 0 bridgehead atoms. The highest BCUT2D eigenvalue weighted by atomic mass is 35.5. The minimum atomic E-state index is -0.706. The molecule has 1 aliphatic carbocycles. The number of nitrogens with two attached hydrogens (primary N) is 1. The zero-order chi connectivity index (χ0) is 23.7. The van der Waals surface area contributed by atoms with Gasteiger partial charge in [0, 0.05) is 28.9 Å². The maximum Gasteiger partial charge on any atom is 0.166 e. The van der Waals surface area contributed by atoms with Crippen molar-refractivity contribution in [3.8, 4) is 22.4 Å². The Bertz CT molecular complexity index is 1550. The Morgan fingerprint density at radius 1 is 1.03 bits per heavy atom. The second-order valence-corrected chi connectivity index (χ2v) is 10.0. The molecule has 5 aromatic rings. The van der Waals surface area contributed by atoms with Crippen LogP contribution in [0.3, 0.4) is 0 Å². The molecule has 3 heterocycles. The first kappa shape index (κ1) is 21.2. The van der Waals surface area contributed by atoms with Crippen molar-refractivity contribution in [3.63, 3.8) is 0 Å². The number of hydrogen-bond donors (Lipinski definition) is 2. The average molecular weight is 470 g/mol. The topological polar surface area (TPSA) is 89.3 Å². The lowest BCUT2D eigenvalue weighted by Gasteiger charge is -2.49. The van der Waals surface area contributed by atoms with Gasteiger partial charge in [-0.2, -0.15) is 9.61 Å². The van der Waals surface area contributed by atoms with Crippen LogP contribution in [0.4, 0.5) is 0 Å². The number of hydrogen-bond acceptors (Lipinski definition) is 5. The minimum absolute atomic E-state index is 0.511. The van der Waals surface area contributed by atoms with Crippen molar-refractivity contribution in [1.29, 1.82) is 0 Å². The van der Waals surface area contributed by atoms with Crippen molar-refractivity contribution in [1.82, 2.24) is 19.6 Å². The predicted molar refractivity (Wildman–Crippen MR) is 135 cm³/mol. The molecule has 2 aromatic carbocycles. The van der Waals surface area contributed by atoms with Crippen molar-refractivity contribution in [3.05, 3.63) is 83.1 Å². The van der Waals surface area contributed by atoms with Gasteiger partial charge in [-0.25, -0.2) is 9.97 Å². The summed E-state index contributed by atoms with van der Waals surface area (Å²) in [5, 5.41) is 16.1. The number of halogens is 1. The SMILES string of the molecule is Cc1cc2ncc3c(Cl)c(-c4ccccc4)c(-c4ccc([C@]5(N)C[C@@](C)(O)C5)cc4)nc3n2n1. The highest BCUT2D eigenvalue weighted by Crippen LogP contribution is 2.47. The fourth-order valence-electron chi connectivity index (χ4n) is 5.25. The van der Waals surface area contributed by atoms with Gasteiger partial charge in [0.15, 0.2) is 11.3 Å². The molecule has 6 nitrogen and oxygen atoms in total. The van der Waals surface area contributed by atoms with Crippen LogP contribution < -0.4 is 5.73 Å². The molecule has 3 N–H and O–H groups in total. The predicted octanol–water partition coefficient (Wildman–Crippen LogP) is 5.27. The van der Waals surface area contributed by atoms with E-state index < -0.39 is 11.1 Å². The fraction of sp³-hybridized carbons (Fsp3) is 0.222. The van der Waals surface area contributed by atoms with Gasteiger partial charge in [-0.05, 0) is 37.8 Å². The van der Waals surface area contributed by atoms with E-state index >= 15 is 0 Å². The number of aliphatic hydroxyl groups is 1. The zero-order valence-corrected chi connectivity index (χ0v) is 19.7. The molecule has 0 spiro atoms. The molecule has 6 rings (SSSR count). The Balaban J connectivity index is 1.57. The lowest BCUT2D eigenvalue weighted by atomic mass is 9.63. The van der Waals surface area contributed by atoms with Gasteiger partial charge in [0.25, 0.3) is 0 Å². The van der Waals surface area contributed by atoms with E-state index in [0.29, 0.717) is 23.5 Å². The molecule has 34 heavy (non-hydrogen) atoms. The Morgan fingerprint density at radius 2 is 1.74 bits per heavy atom. The van der Waals surface area contributed by atoms with Crippen molar-refractivity contribution < 1.29 is 5.11 Å². The molecule has 0 saturated heterocycles. The van der Waals surface area contributed by atoms with Gasteiger partial charge in [-0.15, -0.1) is 0 Å². The molecule has 0 atom stereocenters. The number of aryl methyl sites for hydroxylation is 1. The number of nitrogens with zero attached hydrogens (tertiary/aromatic N) is 4. The Morgan fingerprint density at radius 3 is 2.41 bits per heavy atom. The third kappa shape index (κ3) is 3.29. The number of pyridine rings is 1. The van der Waals surface area contributed by atoms with E-state index in [1.165, 1.54) is 0 Å². The summed E-state index contributed by atoms with van der Waals surface area (Å²) >= 11 is 7.04. The molecule has 3 aromatic heterocycles. The van der Waals surface area contributed by atoms with Gasteiger partial charge < -0.3 is 10.8 Å². The van der Waals surface area contributed by atoms with Crippen LogP contribution in [0, 0.1) is 6.92 Å². The van der Waals surface area contributed by atoms with Gasteiger partial charge >= 0.3 is 0 Å². The van der Waals surface area contributed by atoms with Gasteiger partial charge in [-0.1, -0.05) is 66.2 Å². The molecule has 170 valence electrons. The summed E-state index contributed by atoms with van der Waals surface area (Å²) in [6, 6.07) is 20.0. The Labute approximate surface area is 202 Å². The number of benzene rings is 2. The van der Waals surface area contributed by atoms with Crippen LogP contribution in [0.25, 0.3) is 39.1 Å². The smallest absolute Gasteiger partial charge is 0.166 e. The molecule has 1 fully saturated rings. The molecule has 0 amide bonds. The summed E-state index contributed by atoms with van der Waals surface area (Å²) in [5.74, 6) is 0. The largest absolute Gasteiger partial charge is 0.390 e. The summed E-state index contributed by atoms with van der Waals surface area (Å²) in [5.41, 5.74) is 12.1. The lowest BCUT2D eigenvalue weighted by Crippen LogP contribution is -2.58. The fourth-order valence-corrected chi connectivity index (χ4v) is 5.58. The first-order chi connectivity index (χ1) is 16.2. The second kappa shape index (κ2) is 7.34. The van der Waals surface area contributed by atoms with Crippen LogP contribution in [0.2, 0.25) is 5.02 Å². The lowest BCUT2D eigenvalue weighted by molar-refractivity contribution is -0.0738. The number of fused-ring (bicyclic) bond motifs is 3. The number of rotatable bonds is 3. The quantitative estimate of drug-likeness (QED) is 0.375. The Hall–Kier alpha value is -3.32. The molecule has 0 unspecified atom stereocenters. The van der Waals surface area contributed by atoms with Crippen molar-refractivity contribution >= 4 is 28.3 Å². The van der Waals surface area contributed by atoms with E-state index in [9.17, 15) is 5.11 Å². The molecule has 0 aliphatic heterocycles. The van der Waals surface area contributed by atoms with E-state index in [0.717, 1.165) is 44.7 Å². The third-order valence-corrected chi connectivity index (χ3v) is 7.07. The standard InChI is InChI=1S/C27H24ClN5O/c1-16-12-21-30-13-20-23(28)22(17-6-4-3-5-7-17)24(31-25(20)33(21)32-16)18-8-10-19(11-9-18)27(29)14-26(2,34)15-27/h3-13,34H,14-15,29H2,1-2H3/t26-,27+. The van der Waals surface area contributed by atoms with Crippen LogP contribution in [0.15, 0.2) is 66.9 Å². The normalized spacial score (nSPS) is 22.3. The Kier molecular flexibility index (Phi) is 4.58.